The van der Waals surface area contributed by atoms with Crippen LogP contribution in [0.25, 0.3) is 0 Å². The average Bonchev–Trinajstić information content (AvgIpc) is 2.67. The minimum Gasteiger partial charge on any atom is -0.481 e. The lowest BCUT2D eigenvalue weighted by Gasteiger charge is -2.41. The summed E-state index contributed by atoms with van der Waals surface area (Å²) in [5, 5.41) is 9.55. The van der Waals surface area contributed by atoms with Crippen LogP contribution in [0.4, 0.5) is 0 Å². The number of carboxylic acids is 1. The molecule has 110 valence electrons. The van der Waals surface area contributed by atoms with Crippen molar-refractivity contribution in [2.45, 2.75) is 83.2 Å². The van der Waals surface area contributed by atoms with Gasteiger partial charge in [-0.15, -0.1) is 0 Å². The van der Waals surface area contributed by atoms with Gasteiger partial charge in [0.2, 0.25) is 0 Å². The fourth-order valence-electron chi connectivity index (χ4n) is 4.15. The van der Waals surface area contributed by atoms with E-state index < -0.39 is 5.97 Å². The van der Waals surface area contributed by atoms with E-state index in [1.807, 2.05) is 0 Å². The van der Waals surface area contributed by atoms with Crippen molar-refractivity contribution in [3.05, 3.63) is 0 Å². The van der Waals surface area contributed by atoms with E-state index in [1.54, 1.807) is 0 Å². The Kier molecular flexibility index (Phi) is 5.68. The Balaban J connectivity index is 2.09. The maximum absolute atomic E-state index is 11.6. The lowest BCUT2D eigenvalue weighted by Crippen LogP contribution is -2.49. The van der Waals surface area contributed by atoms with E-state index in [-0.39, 0.29) is 12.0 Å². The molecule has 2 atom stereocenters. The molecule has 3 heteroatoms. The highest BCUT2D eigenvalue weighted by Crippen LogP contribution is 2.32. The van der Waals surface area contributed by atoms with Crippen LogP contribution < -0.4 is 0 Å². The zero-order chi connectivity index (χ0) is 13.7. The Labute approximate surface area is 117 Å². The van der Waals surface area contributed by atoms with E-state index in [1.165, 1.54) is 44.9 Å². The van der Waals surface area contributed by atoms with Gasteiger partial charge in [-0.25, -0.2) is 0 Å². The molecule has 3 nitrogen and oxygen atoms in total. The van der Waals surface area contributed by atoms with Gasteiger partial charge in [0.15, 0.2) is 0 Å². The molecule has 2 aliphatic rings. The van der Waals surface area contributed by atoms with Crippen LogP contribution in [0.3, 0.4) is 0 Å². The molecular weight excluding hydrogens is 238 g/mol. The molecule has 1 N–H and O–H groups in total. The monoisotopic (exact) mass is 267 g/mol. The Morgan fingerprint density at radius 1 is 1.00 bits per heavy atom. The predicted octanol–water partition coefficient (Wildman–Crippen LogP) is 3.67. The second-order valence-corrected chi connectivity index (χ2v) is 6.27. The van der Waals surface area contributed by atoms with E-state index in [9.17, 15) is 9.90 Å². The number of carboxylic acid groups (broad SMARTS) is 1. The molecule has 0 heterocycles. The molecule has 2 unspecified atom stereocenters. The molecule has 0 aromatic carbocycles. The van der Waals surface area contributed by atoms with Crippen molar-refractivity contribution in [2.24, 2.45) is 5.92 Å². The fourth-order valence-corrected chi connectivity index (χ4v) is 4.15. The van der Waals surface area contributed by atoms with Crippen LogP contribution in [0, 0.1) is 5.92 Å². The molecule has 0 radical (unpaired) electrons. The molecule has 0 amide bonds. The third kappa shape index (κ3) is 3.71. The van der Waals surface area contributed by atoms with Crippen LogP contribution >= 0.6 is 0 Å². The molecule has 0 saturated heterocycles. The number of hydrogen-bond donors (Lipinski definition) is 1. The van der Waals surface area contributed by atoms with Crippen molar-refractivity contribution in [1.82, 2.24) is 4.90 Å². The van der Waals surface area contributed by atoms with E-state index >= 15 is 0 Å². The maximum atomic E-state index is 11.6. The highest BCUT2D eigenvalue weighted by atomic mass is 16.4. The molecule has 19 heavy (non-hydrogen) atoms. The van der Waals surface area contributed by atoms with Gasteiger partial charge in [0.25, 0.3) is 0 Å². The van der Waals surface area contributed by atoms with Crippen molar-refractivity contribution >= 4 is 5.97 Å². The number of rotatable bonds is 4. The Morgan fingerprint density at radius 2 is 1.58 bits per heavy atom. The molecular formula is C16H29NO2. The Hall–Kier alpha value is -0.570. The highest BCUT2D eigenvalue weighted by molar-refractivity contribution is 5.71. The third-order valence-corrected chi connectivity index (χ3v) is 5.13. The second-order valence-electron chi connectivity index (χ2n) is 6.27. The van der Waals surface area contributed by atoms with Crippen LogP contribution in [-0.2, 0) is 4.79 Å². The van der Waals surface area contributed by atoms with Crippen molar-refractivity contribution < 1.29 is 9.90 Å². The standard InChI is InChI=1S/C16H29NO2/c1-2-17(13-9-5-3-6-10-13)15-12-8-4-7-11-14(15)16(18)19/h13-15H,2-12H2,1H3,(H,18,19). The molecule has 2 rings (SSSR count). The molecule has 0 spiro atoms. The van der Waals surface area contributed by atoms with Crippen molar-refractivity contribution in [2.75, 3.05) is 6.54 Å². The zero-order valence-electron chi connectivity index (χ0n) is 12.3. The van der Waals surface area contributed by atoms with Crippen molar-refractivity contribution in [1.29, 1.82) is 0 Å². The van der Waals surface area contributed by atoms with Crippen molar-refractivity contribution in [3.8, 4) is 0 Å². The first kappa shape index (κ1) is 14.8. The van der Waals surface area contributed by atoms with Gasteiger partial charge in [0.05, 0.1) is 5.92 Å². The molecule has 0 aromatic rings. The molecule has 0 aliphatic heterocycles. The Bertz CT molecular complexity index is 286. The van der Waals surface area contributed by atoms with E-state index in [0.717, 1.165) is 25.8 Å². The van der Waals surface area contributed by atoms with Gasteiger partial charge in [-0.1, -0.05) is 45.4 Å². The van der Waals surface area contributed by atoms with Gasteiger partial charge in [-0.05, 0) is 32.2 Å². The summed E-state index contributed by atoms with van der Waals surface area (Å²) in [5.74, 6) is -0.703. The first-order valence-corrected chi connectivity index (χ1v) is 8.22. The van der Waals surface area contributed by atoms with Gasteiger partial charge < -0.3 is 5.11 Å². The fraction of sp³-hybridized carbons (Fsp3) is 0.938. The largest absolute Gasteiger partial charge is 0.481 e. The summed E-state index contributed by atoms with van der Waals surface area (Å²) in [6.45, 7) is 3.22. The predicted molar refractivity (Wildman–Crippen MR) is 77.3 cm³/mol. The zero-order valence-corrected chi connectivity index (χ0v) is 12.3. The SMILES string of the molecule is CCN(C1CCCCC1)C1CCCCCC1C(=O)O. The Morgan fingerprint density at radius 3 is 2.16 bits per heavy atom. The van der Waals surface area contributed by atoms with Crippen LogP contribution in [0.15, 0.2) is 0 Å². The molecule has 2 aliphatic carbocycles. The summed E-state index contributed by atoms with van der Waals surface area (Å²) in [7, 11) is 0. The van der Waals surface area contributed by atoms with Crippen molar-refractivity contribution in [3.63, 3.8) is 0 Å². The minimum absolute atomic E-state index is 0.135. The first-order chi connectivity index (χ1) is 9.24. The minimum atomic E-state index is -0.568. The van der Waals surface area contributed by atoms with Crippen LogP contribution in [-0.4, -0.2) is 34.6 Å². The molecule has 2 fully saturated rings. The average molecular weight is 267 g/mol. The number of hydrogen-bond acceptors (Lipinski definition) is 2. The molecule has 2 saturated carbocycles. The number of carbonyl (C=O) groups is 1. The molecule has 0 aromatic heterocycles. The smallest absolute Gasteiger partial charge is 0.308 e. The summed E-state index contributed by atoms with van der Waals surface area (Å²) < 4.78 is 0. The van der Waals surface area contributed by atoms with Crippen LogP contribution in [0.5, 0.6) is 0 Å². The van der Waals surface area contributed by atoms with Gasteiger partial charge in [0.1, 0.15) is 0 Å². The van der Waals surface area contributed by atoms with Gasteiger partial charge in [0, 0.05) is 12.1 Å². The van der Waals surface area contributed by atoms with Gasteiger partial charge in [-0.2, -0.15) is 0 Å². The highest BCUT2D eigenvalue weighted by Gasteiger charge is 2.36. The number of aliphatic carboxylic acids is 1. The van der Waals surface area contributed by atoms with E-state index in [4.69, 9.17) is 0 Å². The summed E-state index contributed by atoms with van der Waals surface area (Å²) in [6.07, 6.45) is 12.0. The molecule has 0 bridgehead atoms. The normalized spacial score (nSPS) is 30.2. The lowest BCUT2D eigenvalue weighted by atomic mass is 9.88. The lowest BCUT2D eigenvalue weighted by molar-refractivity contribution is -0.145. The van der Waals surface area contributed by atoms with E-state index in [0.29, 0.717) is 6.04 Å². The number of nitrogens with zero attached hydrogens (tertiary/aromatic N) is 1. The summed E-state index contributed by atoms with van der Waals surface area (Å²) in [4.78, 5) is 14.1. The second kappa shape index (κ2) is 7.28. The van der Waals surface area contributed by atoms with Gasteiger partial charge >= 0.3 is 5.97 Å². The van der Waals surface area contributed by atoms with Crippen LogP contribution in [0.2, 0.25) is 0 Å². The summed E-state index contributed by atoms with van der Waals surface area (Å²) in [6, 6.07) is 0.928. The summed E-state index contributed by atoms with van der Waals surface area (Å²) in [5.41, 5.74) is 0. The maximum Gasteiger partial charge on any atom is 0.308 e. The van der Waals surface area contributed by atoms with Crippen LogP contribution in [0.1, 0.15) is 71.1 Å². The topological polar surface area (TPSA) is 40.5 Å². The van der Waals surface area contributed by atoms with E-state index in [2.05, 4.69) is 11.8 Å². The summed E-state index contributed by atoms with van der Waals surface area (Å²) >= 11 is 0. The first-order valence-electron chi connectivity index (χ1n) is 8.22. The quantitative estimate of drug-likeness (QED) is 0.790. The third-order valence-electron chi connectivity index (χ3n) is 5.13. The van der Waals surface area contributed by atoms with Gasteiger partial charge in [-0.3, -0.25) is 9.69 Å².